The first-order valence-corrected chi connectivity index (χ1v) is 9.77. The Morgan fingerprint density at radius 2 is 2.04 bits per heavy atom. The summed E-state index contributed by atoms with van der Waals surface area (Å²) in [5.41, 5.74) is 4.84. The number of imidazole rings is 1. The van der Waals surface area contributed by atoms with Gasteiger partial charge in [0.05, 0.1) is 37.8 Å². The van der Waals surface area contributed by atoms with Gasteiger partial charge in [-0.25, -0.2) is 4.98 Å². The fourth-order valence-electron chi connectivity index (χ4n) is 3.93. The first-order valence-electron chi connectivity index (χ1n) is 9.77. The number of carbonyl (C=O) groups excluding carboxylic acids is 1. The smallest absolute Gasteiger partial charge is 0.180 e. The Labute approximate surface area is 165 Å². The molecule has 4 rings (SSSR count). The molecule has 0 bridgehead atoms. The zero-order chi connectivity index (χ0) is 19.8. The van der Waals surface area contributed by atoms with Gasteiger partial charge in [0.1, 0.15) is 11.5 Å². The van der Waals surface area contributed by atoms with Crippen molar-refractivity contribution in [3.63, 3.8) is 0 Å². The molecule has 0 spiro atoms. The third kappa shape index (κ3) is 3.22. The molecule has 0 amide bonds. The summed E-state index contributed by atoms with van der Waals surface area (Å²) in [6.45, 7) is 6.81. The molecule has 1 aromatic carbocycles. The highest BCUT2D eigenvalue weighted by Gasteiger charge is 2.29. The molecule has 28 heavy (non-hydrogen) atoms. The topological polar surface area (TPSA) is 62.6 Å². The third-order valence-corrected chi connectivity index (χ3v) is 5.16. The molecule has 148 valence electrons. The van der Waals surface area contributed by atoms with Crippen LogP contribution in [0.1, 0.15) is 54.8 Å². The number of nitrogens with zero attached hydrogens (tertiary/aromatic N) is 2. The Kier molecular flexibility index (Phi) is 4.98. The minimum absolute atomic E-state index is 0.00160. The fraction of sp³-hybridized carbons (Fsp3) is 0.455. The van der Waals surface area contributed by atoms with Crippen LogP contribution >= 0.6 is 0 Å². The van der Waals surface area contributed by atoms with Gasteiger partial charge in [-0.2, -0.15) is 0 Å². The molecule has 1 aromatic heterocycles. The monoisotopic (exact) mass is 382 g/mol. The summed E-state index contributed by atoms with van der Waals surface area (Å²) >= 11 is 0. The van der Waals surface area contributed by atoms with Gasteiger partial charge in [0.25, 0.3) is 0 Å². The lowest BCUT2D eigenvalue weighted by atomic mass is 9.98. The van der Waals surface area contributed by atoms with Crippen LogP contribution < -0.4 is 9.47 Å². The predicted octanol–water partition coefficient (Wildman–Crippen LogP) is 3.77. The number of aryl methyl sites for hydroxylation is 1. The van der Waals surface area contributed by atoms with E-state index in [-0.39, 0.29) is 11.9 Å². The summed E-state index contributed by atoms with van der Waals surface area (Å²) in [4.78, 5) is 17.0. The van der Waals surface area contributed by atoms with E-state index in [0.717, 1.165) is 47.8 Å². The summed E-state index contributed by atoms with van der Waals surface area (Å²) in [6, 6.07) is 4.07. The highest BCUT2D eigenvalue weighted by Crippen LogP contribution is 2.39. The molecule has 0 saturated heterocycles. The van der Waals surface area contributed by atoms with Gasteiger partial charge in [0.15, 0.2) is 17.3 Å². The number of hydrogen-bond donors (Lipinski definition) is 0. The minimum atomic E-state index is -0.00160. The quantitative estimate of drug-likeness (QED) is 0.737. The number of ketones is 1. The molecule has 2 aromatic rings. The number of hydrogen-bond acceptors (Lipinski definition) is 5. The van der Waals surface area contributed by atoms with Crippen molar-refractivity contribution in [2.24, 2.45) is 0 Å². The second-order valence-corrected chi connectivity index (χ2v) is 7.47. The van der Waals surface area contributed by atoms with Gasteiger partial charge in [0, 0.05) is 13.0 Å². The normalized spacial score (nSPS) is 15.7. The lowest BCUT2D eigenvalue weighted by Gasteiger charge is -2.25. The van der Waals surface area contributed by atoms with Crippen molar-refractivity contribution >= 4 is 11.4 Å². The largest absolute Gasteiger partial charge is 0.493 e. The maximum absolute atomic E-state index is 12.3. The molecule has 0 fully saturated rings. The molecule has 0 saturated carbocycles. The molecular weight excluding hydrogens is 356 g/mol. The number of ether oxygens (including phenoxy) is 3. The number of aromatic nitrogens is 2. The van der Waals surface area contributed by atoms with E-state index in [1.54, 1.807) is 14.0 Å². The molecule has 2 aliphatic heterocycles. The van der Waals surface area contributed by atoms with Crippen LogP contribution in [0.4, 0.5) is 0 Å². The van der Waals surface area contributed by atoms with Crippen molar-refractivity contribution in [3.8, 4) is 17.2 Å². The predicted molar refractivity (Wildman–Crippen MR) is 107 cm³/mol. The van der Waals surface area contributed by atoms with Crippen LogP contribution in [0.5, 0.6) is 11.5 Å². The lowest BCUT2D eigenvalue weighted by Crippen LogP contribution is -2.17. The molecule has 2 aliphatic rings. The summed E-state index contributed by atoms with van der Waals surface area (Å²) in [7, 11) is 1.66. The Morgan fingerprint density at radius 3 is 2.68 bits per heavy atom. The number of Topliss-reactive ketones (excluding diaryl/α,β-unsaturated/α-hetero) is 1. The standard InChI is InChI=1S/C22H26N2O4/c1-13(2)28-20-12-18-16(11-19(20)26-4)5-6-17-21(14(3)25)23-22(24(17)18)15-7-9-27-10-8-15/h7,11-13H,5-6,8-10H2,1-4H3. The first-order chi connectivity index (χ1) is 13.5. The van der Waals surface area contributed by atoms with Crippen molar-refractivity contribution in [1.82, 2.24) is 9.55 Å². The van der Waals surface area contributed by atoms with E-state index in [4.69, 9.17) is 19.2 Å². The molecule has 6 nitrogen and oxygen atoms in total. The Hall–Kier alpha value is -2.60. The van der Waals surface area contributed by atoms with Gasteiger partial charge in [0.2, 0.25) is 0 Å². The molecular formula is C22H26N2O4. The van der Waals surface area contributed by atoms with E-state index in [9.17, 15) is 4.79 Å². The van der Waals surface area contributed by atoms with Gasteiger partial charge >= 0.3 is 0 Å². The molecule has 0 unspecified atom stereocenters. The Morgan fingerprint density at radius 1 is 1.21 bits per heavy atom. The van der Waals surface area contributed by atoms with E-state index in [0.29, 0.717) is 24.7 Å². The summed E-state index contributed by atoms with van der Waals surface area (Å²) in [5.74, 6) is 2.27. The zero-order valence-electron chi connectivity index (χ0n) is 16.9. The average Bonchev–Trinajstić information content (AvgIpc) is 3.08. The van der Waals surface area contributed by atoms with Crippen LogP contribution in [0.3, 0.4) is 0 Å². The van der Waals surface area contributed by atoms with E-state index in [2.05, 4.69) is 10.6 Å². The molecule has 0 atom stereocenters. The lowest BCUT2D eigenvalue weighted by molar-refractivity contribution is 0.101. The average molecular weight is 382 g/mol. The minimum Gasteiger partial charge on any atom is -0.493 e. The Bertz CT molecular complexity index is 956. The van der Waals surface area contributed by atoms with E-state index in [1.807, 2.05) is 26.0 Å². The molecule has 0 aliphatic carbocycles. The number of rotatable bonds is 5. The number of fused-ring (bicyclic) bond motifs is 3. The van der Waals surface area contributed by atoms with Gasteiger partial charge in [-0.1, -0.05) is 6.08 Å². The second-order valence-electron chi connectivity index (χ2n) is 7.47. The summed E-state index contributed by atoms with van der Waals surface area (Å²) in [5, 5.41) is 0. The highest BCUT2D eigenvalue weighted by molar-refractivity contribution is 5.94. The van der Waals surface area contributed by atoms with Gasteiger partial charge in [-0.05, 0) is 50.3 Å². The van der Waals surface area contributed by atoms with Crippen molar-refractivity contribution < 1.29 is 19.0 Å². The maximum Gasteiger partial charge on any atom is 0.180 e. The summed E-state index contributed by atoms with van der Waals surface area (Å²) < 4.78 is 19.2. The first kappa shape index (κ1) is 18.7. The number of methoxy groups -OCH3 is 1. The van der Waals surface area contributed by atoms with Crippen LogP contribution in [0, 0.1) is 0 Å². The molecule has 0 N–H and O–H groups in total. The number of carbonyl (C=O) groups is 1. The molecule has 0 radical (unpaired) electrons. The maximum atomic E-state index is 12.3. The van der Waals surface area contributed by atoms with Gasteiger partial charge in [-0.3, -0.25) is 9.36 Å². The van der Waals surface area contributed by atoms with Crippen LogP contribution in [0.2, 0.25) is 0 Å². The van der Waals surface area contributed by atoms with Crippen molar-refractivity contribution in [1.29, 1.82) is 0 Å². The van der Waals surface area contributed by atoms with Gasteiger partial charge < -0.3 is 14.2 Å². The van der Waals surface area contributed by atoms with E-state index in [1.165, 1.54) is 5.56 Å². The van der Waals surface area contributed by atoms with Crippen molar-refractivity contribution in [2.45, 2.75) is 46.1 Å². The molecule has 6 heteroatoms. The fourth-order valence-corrected chi connectivity index (χ4v) is 3.93. The zero-order valence-corrected chi connectivity index (χ0v) is 16.9. The van der Waals surface area contributed by atoms with Crippen molar-refractivity contribution in [3.05, 3.63) is 41.0 Å². The van der Waals surface area contributed by atoms with Crippen LogP contribution in [0.25, 0.3) is 11.3 Å². The van der Waals surface area contributed by atoms with Crippen LogP contribution in [-0.2, 0) is 17.6 Å². The van der Waals surface area contributed by atoms with Crippen LogP contribution in [0.15, 0.2) is 18.2 Å². The highest BCUT2D eigenvalue weighted by atomic mass is 16.5. The Balaban J connectivity index is 1.94. The number of benzene rings is 1. The summed E-state index contributed by atoms with van der Waals surface area (Å²) in [6.07, 6.45) is 4.48. The van der Waals surface area contributed by atoms with Crippen LogP contribution in [-0.4, -0.2) is 41.8 Å². The van der Waals surface area contributed by atoms with Gasteiger partial charge in [-0.15, -0.1) is 0 Å². The molecule has 3 heterocycles. The second kappa shape index (κ2) is 7.43. The van der Waals surface area contributed by atoms with Crippen molar-refractivity contribution in [2.75, 3.05) is 20.3 Å². The van der Waals surface area contributed by atoms with E-state index >= 15 is 0 Å². The third-order valence-electron chi connectivity index (χ3n) is 5.16. The SMILES string of the molecule is COc1cc2c(cc1OC(C)C)-n1c(C3=CCOCC3)nc(C(C)=O)c1CC2. The van der Waals surface area contributed by atoms with E-state index < -0.39 is 0 Å².